The molecule has 0 amide bonds. The van der Waals surface area contributed by atoms with Gasteiger partial charge in [0.25, 0.3) is 0 Å². The van der Waals surface area contributed by atoms with Gasteiger partial charge < -0.3 is 0 Å². The maximum Gasteiger partial charge on any atom is 0.0780 e. The first-order chi connectivity index (χ1) is 18.8. The van der Waals surface area contributed by atoms with Gasteiger partial charge in [0, 0.05) is 28.1 Å². The largest absolute Gasteiger partial charge is 0.256 e. The van der Waals surface area contributed by atoms with Crippen LogP contribution >= 0.6 is 0 Å². The molecule has 0 fully saturated rings. The molecule has 0 saturated heterocycles. The van der Waals surface area contributed by atoms with Gasteiger partial charge in [-0.2, -0.15) is 0 Å². The zero-order chi connectivity index (χ0) is 25.3. The number of para-hydroxylation sites is 1. The Morgan fingerprint density at radius 2 is 1.11 bits per heavy atom. The van der Waals surface area contributed by atoms with Crippen molar-refractivity contribution in [1.82, 2.24) is 9.97 Å². The number of rotatable bonds is 4. The molecule has 2 nitrogen and oxygen atoms in total. The Balaban J connectivity index is 1.46. The molecule has 7 aromatic rings. The maximum atomic E-state index is 5.08. The second-order valence-corrected chi connectivity index (χ2v) is 9.48. The molecule has 0 N–H and O–H groups in total. The summed E-state index contributed by atoms with van der Waals surface area (Å²) in [6.45, 7) is 0. The van der Waals surface area contributed by atoms with E-state index in [0.717, 1.165) is 49.8 Å². The van der Waals surface area contributed by atoms with Crippen LogP contribution in [0, 0.1) is 0 Å². The highest BCUT2D eigenvalue weighted by molar-refractivity contribution is 6.00. The number of hydrogen-bond donors (Lipinski definition) is 0. The second-order valence-electron chi connectivity index (χ2n) is 9.48. The zero-order valence-corrected chi connectivity index (χ0v) is 20.8. The topological polar surface area (TPSA) is 25.8 Å². The van der Waals surface area contributed by atoms with E-state index in [2.05, 4.69) is 127 Å². The lowest BCUT2D eigenvalue weighted by molar-refractivity contribution is 1.39. The lowest BCUT2D eigenvalue weighted by atomic mass is 9.93. The summed E-state index contributed by atoms with van der Waals surface area (Å²) >= 11 is 0. The van der Waals surface area contributed by atoms with Crippen LogP contribution in [-0.2, 0) is 0 Å². The van der Waals surface area contributed by atoms with Gasteiger partial charge in [0.1, 0.15) is 0 Å². The first-order valence-electron chi connectivity index (χ1n) is 12.8. The Labute approximate surface area is 221 Å². The van der Waals surface area contributed by atoms with Crippen molar-refractivity contribution in [2.24, 2.45) is 0 Å². The van der Waals surface area contributed by atoms with Crippen molar-refractivity contribution >= 4 is 21.8 Å². The quantitative estimate of drug-likeness (QED) is 0.249. The van der Waals surface area contributed by atoms with Crippen LogP contribution in [0.1, 0.15) is 0 Å². The van der Waals surface area contributed by atoms with Gasteiger partial charge in [0.05, 0.1) is 16.7 Å². The minimum atomic E-state index is 0.970. The standard InChI is InChI=1S/C36H24N2/c1-3-10-25(11-4-1)28-19-20-34-33(23-28)32(24-35(38-34)26-12-5-2-6-13-26)30-16-7-15-29(22-30)31-18-8-14-27-17-9-21-37-36(27)31/h1-24H. The van der Waals surface area contributed by atoms with Gasteiger partial charge in [0.2, 0.25) is 0 Å². The van der Waals surface area contributed by atoms with E-state index in [-0.39, 0.29) is 0 Å². The molecule has 0 spiro atoms. The number of pyridine rings is 2. The molecule has 38 heavy (non-hydrogen) atoms. The summed E-state index contributed by atoms with van der Waals surface area (Å²) in [5.41, 5.74) is 11.1. The Morgan fingerprint density at radius 1 is 0.421 bits per heavy atom. The summed E-state index contributed by atoms with van der Waals surface area (Å²) < 4.78 is 0. The SMILES string of the molecule is c1ccc(-c2ccc3nc(-c4ccccc4)cc(-c4cccc(-c5cccc6cccnc56)c4)c3c2)cc1. The van der Waals surface area contributed by atoms with Crippen molar-refractivity contribution in [1.29, 1.82) is 0 Å². The smallest absolute Gasteiger partial charge is 0.0780 e. The normalized spacial score (nSPS) is 11.2. The average molecular weight is 485 g/mol. The molecule has 0 atom stereocenters. The molecular formula is C36H24N2. The van der Waals surface area contributed by atoms with Crippen LogP contribution in [-0.4, -0.2) is 9.97 Å². The van der Waals surface area contributed by atoms with E-state index in [9.17, 15) is 0 Å². The highest BCUT2D eigenvalue weighted by Gasteiger charge is 2.13. The molecule has 0 unspecified atom stereocenters. The average Bonchev–Trinajstić information content (AvgIpc) is 3.01. The first kappa shape index (κ1) is 22.1. The highest BCUT2D eigenvalue weighted by Crippen LogP contribution is 2.37. The van der Waals surface area contributed by atoms with Crippen molar-refractivity contribution in [3.8, 4) is 44.6 Å². The molecule has 0 saturated carbocycles. The second kappa shape index (κ2) is 9.42. The van der Waals surface area contributed by atoms with E-state index in [1.54, 1.807) is 0 Å². The minimum Gasteiger partial charge on any atom is -0.256 e. The minimum absolute atomic E-state index is 0.970. The van der Waals surface area contributed by atoms with Crippen LogP contribution in [0.4, 0.5) is 0 Å². The van der Waals surface area contributed by atoms with Gasteiger partial charge in [-0.3, -0.25) is 4.98 Å². The third-order valence-electron chi connectivity index (χ3n) is 7.10. The molecule has 7 rings (SSSR count). The van der Waals surface area contributed by atoms with Gasteiger partial charge in [-0.25, -0.2) is 4.98 Å². The molecule has 2 heteroatoms. The van der Waals surface area contributed by atoms with Crippen molar-refractivity contribution in [3.63, 3.8) is 0 Å². The number of hydrogen-bond acceptors (Lipinski definition) is 2. The first-order valence-corrected chi connectivity index (χ1v) is 12.8. The number of fused-ring (bicyclic) bond motifs is 2. The molecule has 2 aromatic heterocycles. The van der Waals surface area contributed by atoms with Crippen LogP contribution in [0.5, 0.6) is 0 Å². The summed E-state index contributed by atoms with van der Waals surface area (Å²) in [6.07, 6.45) is 1.86. The number of aromatic nitrogens is 2. The molecule has 0 bridgehead atoms. The fourth-order valence-corrected chi connectivity index (χ4v) is 5.22. The van der Waals surface area contributed by atoms with Crippen molar-refractivity contribution in [2.45, 2.75) is 0 Å². The van der Waals surface area contributed by atoms with E-state index >= 15 is 0 Å². The fraction of sp³-hybridized carbons (Fsp3) is 0. The van der Waals surface area contributed by atoms with Crippen LogP contribution in [0.3, 0.4) is 0 Å². The lowest BCUT2D eigenvalue weighted by Gasteiger charge is -2.14. The summed E-state index contributed by atoms with van der Waals surface area (Å²) in [6, 6.07) is 49.0. The monoisotopic (exact) mass is 484 g/mol. The van der Waals surface area contributed by atoms with E-state index < -0.39 is 0 Å². The Bertz CT molecular complexity index is 1900. The molecular weight excluding hydrogens is 460 g/mol. The van der Waals surface area contributed by atoms with Gasteiger partial charge >= 0.3 is 0 Å². The van der Waals surface area contributed by atoms with E-state index in [0.29, 0.717) is 0 Å². The predicted octanol–water partition coefficient (Wildman–Crippen LogP) is 9.45. The van der Waals surface area contributed by atoms with Crippen molar-refractivity contribution in [3.05, 3.63) is 146 Å². The number of nitrogens with zero attached hydrogens (tertiary/aromatic N) is 2. The van der Waals surface area contributed by atoms with Gasteiger partial charge in [-0.05, 0) is 58.1 Å². The molecule has 0 aliphatic heterocycles. The van der Waals surface area contributed by atoms with Crippen LogP contribution < -0.4 is 0 Å². The summed E-state index contributed by atoms with van der Waals surface area (Å²) in [7, 11) is 0. The lowest BCUT2D eigenvalue weighted by Crippen LogP contribution is -1.92. The Kier molecular flexibility index (Phi) is 5.49. The van der Waals surface area contributed by atoms with Gasteiger partial charge in [0.15, 0.2) is 0 Å². The molecule has 0 radical (unpaired) electrons. The zero-order valence-electron chi connectivity index (χ0n) is 20.8. The van der Waals surface area contributed by atoms with Crippen LogP contribution in [0.15, 0.2) is 146 Å². The van der Waals surface area contributed by atoms with E-state index in [1.165, 1.54) is 16.7 Å². The van der Waals surface area contributed by atoms with Crippen molar-refractivity contribution in [2.75, 3.05) is 0 Å². The van der Waals surface area contributed by atoms with E-state index in [1.807, 2.05) is 18.3 Å². The molecule has 0 aliphatic carbocycles. The summed E-state index contributed by atoms with van der Waals surface area (Å²) in [5, 5.41) is 2.28. The summed E-state index contributed by atoms with van der Waals surface area (Å²) in [5.74, 6) is 0. The predicted molar refractivity (Wildman–Crippen MR) is 159 cm³/mol. The molecule has 0 aliphatic rings. The highest BCUT2D eigenvalue weighted by atomic mass is 14.7. The van der Waals surface area contributed by atoms with E-state index in [4.69, 9.17) is 9.97 Å². The molecule has 178 valence electrons. The van der Waals surface area contributed by atoms with Crippen LogP contribution in [0.2, 0.25) is 0 Å². The van der Waals surface area contributed by atoms with Gasteiger partial charge in [-0.15, -0.1) is 0 Å². The van der Waals surface area contributed by atoms with Gasteiger partial charge in [-0.1, -0.05) is 109 Å². The Hall–Kier alpha value is -5.08. The molecule has 5 aromatic carbocycles. The molecule has 2 heterocycles. The maximum absolute atomic E-state index is 5.08. The fourth-order valence-electron chi connectivity index (χ4n) is 5.22. The Morgan fingerprint density at radius 3 is 1.92 bits per heavy atom. The third kappa shape index (κ3) is 4.03. The third-order valence-corrected chi connectivity index (χ3v) is 7.10. The summed E-state index contributed by atoms with van der Waals surface area (Å²) in [4.78, 5) is 9.78. The van der Waals surface area contributed by atoms with Crippen LogP contribution in [0.25, 0.3) is 66.4 Å². The number of benzene rings is 5. The van der Waals surface area contributed by atoms with Crippen molar-refractivity contribution < 1.29 is 0 Å².